The van der Waals surface area contributed by atoms with Gasteiger partial charge >= 0.3 is 6.09 Å². The molecule has 2 aromatic carbocycles. The van der Waals surface area contributed by atoms with Crippen LogP contribution in [0.3, 0.4) is 0 Å². The molecule has 0 spiro atoms. The zero-order valence-corrected chi connectivity index (χ0v) is 18.8. The number of aromatic nitrogens is 1. The Morgan fingerprint density at radius 1 is 1.25 bits per heavy atom. The molecule has 0 aliphatic carbocycles. The molecule has 0 unspecified atom stereocenters. The van der Waals surface area contributed by atoms with Gasteiger partial charge in [0.25, 0.3) is 5.91 Å². The number of nitrogens with one attached hydrogen (secondary N) is 1. The second kappa shape index (κ2) is 8.34. The van der Waals surface area contributed by atoms with Crippen molar-refractivity contribution in [3.8, 4) is 23.1 Å². The molecule has 6 nitrogen and oxygen atoms in total. The first kappa shape index (κ1) is 21.9. The Balaban J connectivity index is 2.10. The van der Waals surface area contributed by atoms with Crippen LogP contribution >= 0.6 is 11.6 Å². The normalized spacial score (nSPS) is 12.8. The molecule has 32 heavy (non-hydrogen) atoms. The maximum Gasteiger partial charge on any atom is 0.419 e. The van der Waals surface area contributed by atoms with Crippen LogP contribution in [0.4, 0.5) is 4.79 Å². The summed E-state index contributed by atoms with van der Waals surface area (Å²) >= 11 is 6.36. The number of carbonyl (C=O) groups is 2. The Bertz CT molecular complexity index is 1310. The number of halogens is 1. The number of ether oxygens (including phenoxy) is 1. The number of amides is 1. The van der Waals surface area contributed by atoms with Crippen LogP contribution in [0.15, 0.2) is 36.4 Å². The second-order valence-electron chi connectivity index (χ2n) is 8.46. The van der Waals surface area contributed by atoms with Crippen LogP contribution < -0.4 is 5.32 Å². The molecule has 0 fully saturated rings. The standard InChI is InChI=1S/C25H23ClN2O4/c1-25(2,3)32-24(31)28-20-10-5-4-8-15(20)16(9-6-7-13-29)22(28)17-11-12-19(26)18-14-27-23(30)21(17)18/h4-5,8,10-12,29H,7,13-14H2,1-3H3,(H,27,30). The quantitative estimate of drug-likeness (QED) is 0.553. The fourth-order valence-corrected chi connectivity index (χ4v) is 4.06. The van der Waals surface area contributed by atoms with Crippen molar-refractivity contribution in [1.29, 1.82) is 0 Å². The number of para-hydroxylation sites is 1. The van der Waals surface area contributed by atoms with Crippen LogP contribution in [-0.4, -0.2) is 33.9 Å². The summed E-state index contributed by atoms with van der Waals surface area (Å²) < 4.78 is 7.18. The van der Waals surface area contributed by atoms with Crippen LogP contribution in [-0.2, 0) is 11.3 Å². The summed E-state index contributed by atoms with van der Waals surface area (Å²) in [6.07, 6.45) is -0.286. The van der Waals surface area contributed by atoms with E-state index >= 15 is 0 Å². The lowest BCUT2D eigenvalue weighted by Gasteiger charge is -2.21. The SMILES string of the molecule is CC(C)(C)OC(=O)n1c(-c2ccc(Cl)c3c2C(=O)NC3)c(C#CCCO)c2ccccc21. The largest absolute Gasteiger partial charge is 0.443 e. The molecule has 2 N–H and O–H groups in total. The number of aliphatic hydroxyl groups is 1. The molecule has 2 heterocycles. The highest BCUT2D eigenvalue weighted by Gasteiger charge is 2.31. The van der Waals surface area contributed by atoms with Gasteiger partial charge in [-0.15, -0.1) is 0 Å². The Morgan fingerprint density at radius 2 is 2.00 bits per heavy atom. The van der Waals surface area contributed by atoms with E-state index in [2.05, 4.69) is 17.2 Å². The van der Waals surface area contributed by atoms with E-state index in [1.807, 2.05) is 24.3 Å². The van der Waals surface area contributed by atoms with Crippen molar-refractivity contribution in [2.75, 3.05) is 6.61 Å². The number of hydrogen-bond acceptors (Lipinski definition) is 4. The number of benzene rings is 2. The fourth-order valence-electron chi connectivity index (χ4n) is 3.83. The van der Waals surface area contributed by atoms with Gasteiger partial charge in [0.1, 0.15) is 5.60 Å². The zero-order valence-electron chi connectivity index (χ0n) is 18.1. The Labute approximate surface area is 191 Å². The summed E-state index contributed by atoms with van der Waals surface area (Å²) in [5, 5.41) is 13.3. The average Bonchev–Trinajstić information content (AvgIpc) is 3.27. The van der Waals surface area contributed by atoms with Gasteiger partial charge in [-0.1, -0.05) is 47.7 Å². The van der Waals surface area contributed by atoms with Crippen molar-refractivity contribution >= 4 is 34.5 Å². The summed E-state index contributed by atoms with van der Waals surface area (Å²) in [5.41, 5.74) is 2.61. The number of aliphatic hydroxyl groups excluding tert-OH is 1. The third-order valence-electron chi connectivity index (χ3n) is 5.06. The predicted molar refractivity (Wildman–Crippen MR) is 124 cm³/mol. The molecule has 0 bridgehead atoms. The van der Waals surface area contributed by atoms with Crippen LogP contribution in [0.25, 0.3) is 22.2 Å². The highest BCUT2D eigenvalue weighted by atomic mass is 35.5. The van der Waals surface area contributed by atoms with Crippen molar-refractivity contribution in [2.45, 2.75) is 39.3 Å². The minimum absolute atomic E-state index is 0.0776. The van der Waals surface area contributed by atoms with E-state index in [0.29, 0.717) is 45.0 Å². The summed E-state index contributed by atoms with van der Waals surface area (Å²) in [7, 11) is 0. The number of hydrogen-bond donors (Lipinski definition) is 2. The van der Waals surface area contributed by atoms with Crippen molar-refractivity contribution < 1.29 is 19.4 Å². The lowest BCUT2D eigenvalue weighted by molar-refractivity contribution is 0.0546. The average molecular weight is 451 g/mol. The summed E-state index contributed by atoms with van der Waals surface area (Å²) in [5.74, 6) is 5.81. The number of carbonyl (C=O) groups excluding carboxylic acids is 2. The first-order valence-electron chi connectivity index (χ1n) is 10.3. The van der Waals surface area contributed by atoms with E-state index in [-0.39, 0.29) is 18.9 Å². The smallest absolute Gasteiger partial charge is 0.419 e. The fraction of sp³-hybridized carbons (Fsp3) is 0.280. The molecular formula is C25H23ClN2O4. The molecule has 0 atom stereocenters. The molecule has 1 aliphatic heterocycles. The predicted octanol–water partition coefficient (Wildman–Crippen LogP) is 4.72. The topological polar surface area (TPSA) is 80.6 Å². The minimum Gasteiger partial charge on any atom is -0.443 e. The Kier molecular flexibility index (Phi) is 5.72. The monoisotopic (exact) mass is 450 g/mol. The van der Waals surface area contributed by atoms with Gasteiger partial charge in [-0.25, -0.2) is 9.36 Å². The van der Waals surface area contributed by atoms with E-state index < -0.39 is 11.7 Å². The lowest BCUT2D eigenvalue weighted by atomic mass is 9.97. The first-order chi connectivity index (χ1) is 15.2. The van der Waals surface area contributed by atoms with Crippen LogP contribution in [0.5, 0.6) is 0 Å². The summed E-state index contributed by atoms with van der Waals surface area (Å²) in [6, 6.07) is 10.8. The molecule has 0 saturated carbocycles. The molecular weight excluding hydrogens is 428 g/mol. The van der Waals surface area contributed by atoms with Crippen LogP contribution in [0, 0.1) is 11.8 Å². The van der Waals surface area contributed by atoms with E-state index in [4.69, 9.17) is 16.3 Å². The molecule has 7 heteroatoms. The summed E-state index contributed by atoms with van der Waals surface area (Å²) in [6.45, 7) is 5.63. The highest BCUT2D eigenvalue weighted by Crippen LogP contribution is 2.39. The van der Waals surface area contributed by atoms with Gasteiger partial charge in [0.15, 0.2) is 0 Å². The lowest BCUT2D eigenvalue weighted by Crippen LogP contribution is -2.27. The third-order valence-corrected chi connectivity index (χ3v) is 5.42. The van der Waals surface area contributed by atoms with Crippen molar-refractivity contribution in [1.82, 2.24) is 9.88 Å². The van der Waals surface area contributed by atoms with E-state index in [9.17, 15) is 14.7 Å². The van der Waals surface area contributed by atoms with Crippen LogP contribution in [0.1, 0.15) is 48.7 Å². The number of nitrogens with zero attached hydrogens (tertiary/aromatic N) is 1. The molecule has 1 aliphatic rings. The third kappa shape index (κ3) is 3.86. The maximum absolute atomic E-state index is 13.4. The van der Waals surface area contributed by atoms with Gasteiger partial charge < -0.3 is 15.2 Å². The van der Waals surface area contributed by atoms with Gasteiger partial charge in [-0.05, 0) is 32.9 Å². The zero-order chi connectivity index (χ0) is 23.0. The maximum atomic E-state index is 13.4. The Morgan fingerprint density at radius 3 is 2.72 bits per heavy atom. The molecule has 1 amide bonds. The van der Waals surface area contributed by atoms with Gasteiger partial charge in [0.05, 0.1) is 28.9 Å². The molecule has 4 rings (SSSR count). The number of rotatable bonds is 2. The molecule has 0 saturated heterocycles. The van der Waals surface area contributed by atoms with Crippen molar-refractivity contribution in [3.05, 3.63) is 58.1 Å². The van der Waals surface area contributed by atoms with Crippen molar-refractivity contribution in [2.24, 2.45) is 0 Å². The first-order valence-corrected chi connectivity index (χ1v) is 10.7. The highest BCUT2D eigenvalue weighted by molar-refractivity contribution is 6.32. The molecule has 164 valence electrons. The van der Waals surface area contributed by atoms with Crippen molar-refractivity contribution in [3.63, 3.8) is 0 Å². The molecule has 3 aromatic rings. The van der Waals surface area contributed by atoms with Gasteiger partial charge in [0.2, 0.25) is 0 Å². The van der Waals surface area contributed by atoms with E-state index in [1.165, 1.54) is 4.57 Å². The van der Waals surface area contributed by atoms with Crippen LogP contribution in [0.2, 0.25) is 5.02 Å². The van der Waals surface area contributed by atoms with Gasteiger partial charge in [0, 0.05) is 34.5 Å². The number of fused-ring (bicyclic) bond motifs is 2. The van der Waals surface area contributed by atoms with Gasteiger partial charge in [-0.2, -0.15) is 0 Å². The van der Waals surface area contributed by atoms with E-state index in [0.717, 1.165) is 5.39 Å². The minimum atomic E-state index is -0.720. The summed E-state index contributed by atoms with van der Waals surface area (Å²) in [4.78, 5) is 26.1. The second-order valence-corrected chi connectivity index (χ2v) is 8.87. The molecule has 0 radical (unpaired) electrons. The Hall–Kier alpha value is -3.27. The van der Waals surface area contributed by atoms with Gasteiger partial charge in [-0.3, -0.25) is 4.79 Å². The molecule has 1 aromatic heterocycles. The van der Waals surface area contributed by atoms with E-state index in [1.54, 1.807) is 32.9 Å².